The van der Waals surface area contributed by atoms with Gasteiger partial charge >= 0.3 is 0 Å². The van der Waals surface area contributed by atoms with Crippen LogP contribution >= 0.6 is 11.6 Å². The zero-order chi connectivity index (χ0) is 10.6. The Hall–Kier alpha value is -0.860. The summed E-state index contributed by atoms with van der Waals surface area (Å²) in [5.41, 5.74) is 1.57. The smallest absolute Gasteiger partial charge is 0.188 e. The van der Waals surface area contributed by atoms with Gasteiger partial charge in [-0.3, -0.25) is 4.79 Å². The van der Waals surface area contributed by atoms with Gasteiger partial charge in [-0.1, -0.05) is 11.6 Å². The molecule has 1 aromatic carbocycles. The Kier molecular flexibility index (Phi) is 4.11. The van der Waals surface area contributed by atoms with Gasteiger partial charge in [-0.15, -0.1) is 0 Å². The Morgan fingerprint density at radius 2 is 2.21 bits per heavy atom. The predicted octanol–water partition coefficient (Wildman–Crippen LogP) is 2.87. The van der Waals surface area contributed by atoms with Crippen LogP contribution in [0.3, 0.4) is 0 Å². The summed E-state index contributed by atoms with van der Waals surface area (Å²) >= 11 is 5.78. The number of hydrogen-bond acceptors (Lipinski definition) is 2. The number of ketones is 1. The van der Waals surface area contributed by atoms with Gasteiger partial charge in [0.25, 0.3) is 0 Å². The highest BCUT2D eigenvalue weighted by molar-refractivity contribution is 6.30. The molecule has 3 heteroatoms. The van der Waals surface area contributed by atoms with Gasteiger partial charge in [-0.25, -0.2) is 0 Å². The molecule has 0 aliphatic rings. The topological polar surface area (TPSA) is 26.3 Å². The van der Waals surface area contributed by atoms with Crippen LogP contribution in [0.25, 0.3) is 0 Å². The molecule has 76 valence electrons. The minimum atomic E-state index is 0.000941. The van der Waals surface area contributed by atoms with Gasteiger partial charge in [0.05, 0.1) is 0 Å². The first-order valence-corrected chi connectivity index (χ1v) is 4.90. The van der Waals surface area contributed by atoms with Crippen LogP contribution in [0, 0.1) is 6.92 Å². The summed E-state index contributed by atoms with van der Waals surface area (Å²) in [4.78, 5) is 11.6. The van der Waals surface area contributed by atoms with Crippen LogP contribution in [0.1, 0.15) is 22.8 Å². The molecule has 0 saturated carbocycles. The average molecular weight is 213 g/mol. The fourth-order valence-electron chi connectivity index (χ4n) is 1.21. The number of Topliss-reactive ketones (excluding diaryl/α,β-unsaturated/α-hetero) is 1. The van der Waals surface area contributed by atoms with Gasteiger partial charge in [0.15, 0.2) is 5.78 Å². The Morgan fingerprint density at radius 3 is 2.79 bits per heavy atom. The zero-order valence-corrected chi connectivity index (χ0v) is 9.10. The summed E-state index contributed by atoms with van der Waals surface area (Å²) < 4.78 is 5.05. The van der Waals surface area contributed by atoms with Crippen LogP contribution in [0.2, 0.25) is 5.02 Å². The third-order valence-corrected chi connectivity index (χ3v) is 2.16. The molecule has 0 heterocycles. The third kappa shape index (κ3) is 2.82. The maximum Gasteiger partial charge on any atom is 0.188 e. The van der Waals surface area contributed by atoms with E-state index in [2.05, 4.69) is 0 Å². The van der Waals surface area contributed by atoms with Crippen LogP contribution in [-0.4, -0.2) is 19.0 Å². The molecule has 0 N–H and O–H groups in total. The summed E-state index contributed by atoms with van der Waals surface area (Å²) in [6.45, 7) is 4.42. The van der Waals surface area contributed by atoms with E-state index in [-0.39, 0.29) is 12.4 Å². The van der Waals surface area contributed by atoms with Crippen LogP contribution in [0.15, 0.2) is 18.2 Å². The Balaban J connectivity index is 2.80. The standard InChI is InChI=1S/C11H13ClO2/c1-3-14-7-11(13)10-5-4-9(12)6-8(10)2/h4-6H,3,7H2,1-2H3. The number of rotatable bonds is 4. The van der Waals surface area contributed by atoms with Crippen molar-refractivity contribution < 1.29 is 9.53 Å². The molecule has 0 bridgehead atoms. The zero-order valence-electron chi connectivity index (χ0n) is 8.34. The minimum Gasteiger partial charge on any atom is -0.374 e. The molecule has 0 unspecified atom stereocenters. The van der Waals surface area contributed by atoms with Crippen molar-refractivity contribution in [2.24, 2.45) is 0 Å². The second kappa shape index (κ2) is 5.13. The number of hydrogen-bond donors (Lipinski definition) is 0. The molecule has 0 atom stereocenters. The third-order valence-electron chi connectivity index (χ3n) is 1.93. The van der Waals surface area contributed by atoms with E-state index < -0.39 is 0 Å². The van der Waals surface area contributed by atoms with Crippen molar-refractivity contribution in [3.05, 3.63) is 34.3 Å². The van der Waals surface area contributed by atoms with E-state index in [0.717, 1.165) is 5.56 Å². The Labute approximate surface area is 88.8 Å². The van der Waals surface area contributed by atoms with E-state index in [4.69, 9.17) is 16.3 Å². The first-order chi connectivity index (χ1) is 6.65. The lowest BCUT2D eigenvalue weighted by Gasteiger charge is -2.05. The second-order valence-electron chi connectivity index (χ2n) is 3.02. The fourth-order valence-corrected chi connectivity index (χ4v) is 1.44. The highest BCUT2D eigenvalue weighted by atomic mass is 35.5. The highest BCUT2D eigenvalue weighted by Gasteiger charge is 2.08. The van der Waals surface area contributed by atoms with Gasteiger partial charge in [-0.2, -0.15) is 0 Å². The minimum absolute atomic E-state index is 0.000941. The monoisotopic (exact) mass is 212 g/mol. The molecule has 0 amide bonds. The predicted molar refractivity (Wildman–Crippen MR) is 57.0 cm³/mol. The summed E-state index contributed by atoms with van der Waals surface area (Å²) in [5.74, 6) is 0.000941. The van der Waals surface area contributed by atoms with E-state index in [1.807, 2.05) is 13.8 Å². The lowest BCUT2D eigenvalue weighted by molar-refractivity contribution is 0.0782. The van der Waals surface area contributed by atoms with Crippen molar-refractivity contribution in [3.63, 3.8) is 0 Å². The quantitative estimate of drug-likeness (QED) is 0.718. The molecule has 0 saturated heterocycles. The number of aryl methyl sites for hydroxylation is 1. The summed E-state index contributed by atoms with van der Waals surface area (Å²) in [7, 11) is 0. The van der Waals surface area contributed by atoms with Crippen molar-refractivity contribution >= 4 is 17.4 Å². The van der Waals surface area contributed by atoms with Crippen molar-refractivity contribution in [2.45, 2.75) is 13.8 Å². The lowest BCUT2D eigenvalue weighted by Crippen LogP contribution is -2.10. The number of carbonyl (C=O) groups is 1. The molecule has 1 aromatic rings. The summed E-state index contributed by atoms with van der Waals surface area (Å²) in [6.07, 6.45) is 0. The molecule has 0 spiro atoms. The van der Waals surface area contributed by atoms with Crippen LogP contribution in [-0.2, 0) is 4.74 Å². The molecule has 0 aliphatic carbocycles. The molecular formula is C11H13ClO2. The largest absolute Gasteiger partial charge is 0.374 e. The van der Waals surface area contributed by atoms with Crippen LogP contribution < -0.4 is 0 Å². The van der Waals surface area contributed by atoms with E-state index in [1.165, 1.54) is 0 Å². The SMILES string of the molecule is CCOCC(=O)c1ccc(Cl)cc1C. The maximum atomic E-state index is 11.6. The number of carbonyl (C=O) groups excluding carboxylic acids is 1. The average Bonchev–Trinajstić information content (AvgIpc) is 2.14. The molecule has 1 rings (SSSR count). The van der Waals surface area contributed by atoms with Crippen molar-refractivity contribution in [3.8, 4) is 0 Å². The molecule has 0 aromatic heterocycles. The van der Waals surface area contributed by atoms with Gasteiger partial charge < -0.3 is 4.74 Å². The summed E-state index contributed by atoms with van der Waals surface area (Å²) in [6, 6.07) is 5.23. The number of ether oxygens (including phenoxy) is 1. The summed E-state index contributed by atoms with van der Waals surface area (Å²) in [5, 5.41) is 0.649. The molecular weight excluding hydrogens is 200 g/mol. The molecule has 2 nitrogen and oxygen atoms in total. The van der Waals surface area contributed by atoms with E-state index in [9.17, 15) is 4.79 Å². The maximum absolute atomic E-state index is 11.6. The Bertz CT molecular complexity index is 334. The second-order valence-corrected chi connectivity index (χ2v) is 3.46. The molecule has 14 heavy (non-hydrogen) atoms. The van der Waals surface area contributed by atoms with Crippen molar-refractivity contribution in [1.82, 2.24) is 0 Å². The van der Waals surface area contributed by atoms with Gasteiger partial charge in [0, 0.05) is 17.2 Å². The highest BCUT2D eigenvalue weighted by Crippen LogP contribution is 2.15. The molecule has 0 aliphatic heterocycles. The van der Waals surface area contributed by atoms with Gasteiger partial charge in [-0.05, 0) is 37.6 Å². The van der Waals surface area contributed by atoms with Crippen molar-refractivity contribution in [2.75, 3.05) is 13.2 Å². The van der Waals surface area contributed by atoms with Crippen molar-refractivity contribution in [1.29, 1.82) is 0 Å². The number of halogens is 1. The molecule has 0 radical (unpaired) electrons. The first kappa shape index (κ1) is 11.2. The van der Waals surface area contributed by atoms with Gasteiger partial charge in [0.1, 0.15) is 6.61 Å². The van der Waals surface area contributed by atoms with Gasteiger partial charge in [0.2, 0.25) is 0 Å². The van der Waals surface area contributed by atoms with Crippen LogP contribution in [0.5, 0.6) is 0 Å². The Morgan fingerprint density at radius 1 is 1.50 bits per heavy atom. The number of benzene rings is 1. The van der Waals surface area contributed by atoms with E-state index >= 15 is 0 Å². The van der Waals surface area contributed by atoms with E-state index in [0.29, 0.717) is 17.2 Å². The van der Waals surface area contributed by atoms with Crippen LogP contribution in [0.4, 0.5) is 0 Å². The first-order valence-electron chi connectivity index (χ1n) is 4.52. The molecule has 0 fully saturated rings. The normalized spacial score (nSPS) is 10.2. The fraction of sp³-hybridized carbons (Fsp3) is 0.364. The van der Waals surface area contributed by atoms with E-state index in [1.54, 1.807) is 18.2 Å². The lowest BCUT2D eigenvalue weighted by atomic mass is 10.1.